The van der Waals surface area contributed by atoms with Crippen molar-refractivity contribution in [2.45, 2.75) is 31.7 Å². The third-order valence-corrected chi connectivity index (χ3v) is 4.97. The van der Waals surface area contributed by atoms with E-state index in [1.165, 1.54) is 0 Å². The molecule has 1 aliphatic carbocycles. The average molecular weight is 295 g/mol. The van der Waals surface area contributed by atoms with Crippen molar-refractivity contribution in [2.75, 3.05) is 6.54 Å². The number of fused-ring (bicyclic) bond motifs is 1. The summed E-state index contributed by atoms with van der Waals surface area (Å²) in [4.78, 5) is 27.9. The van der Waals surface area contributed by atoms with E-state index in [0.29, 0.717) is 19.4 Å². The van der Waals surface area contributed by atoms with E-state index in [4.69, 9.17) is 0 Å². The number of carbonyl (C=O) groups excluding carboxylic acids is 2. The van der Waals surface area contributed by atoms with Crippen LogP contribution >= 0.6 is 0 Å². The second-order valence-corrected chi connectivity index (χ2v) is 6.21. The molecule has 2 unspecified atom stereocenters. The van der Waals surface area contributed by atoms with Crippen LogP contribution < -0.4 is 0 Å². The Labute approximate surface area is 131 Å². The first-order valence-corrected chi connectivity index (χ1v) is 7.79. The number of hydrogen-bond acceptors (Lipinski definition) is 2. The van der Waals surface area contributed by atoms with E-state index in [0.717, 1.165) is 24.0 Å². The summed E-state index contributed by atoms with van der Waals surface area (Å²) in [6, 6.07) is 7.73. The molecule has 1 spiro atoms. The molecule has 1 heterocycles. The molecule has 1 aromatic rings. The first kappa shape index (κ1) is 14.8. The Hall–Kier alpha value is -2.16. The maximum absolute atomic E-state index is 13.1. The minimum Gasteiger partial charge on any atom is -0.335 e. The van der Waals surface area contributed by atoms with Crippen LogP contribution in [-0.4, -0.2) is 29.2 Å². The maximum Gasteiger partial charge on any atom is 0.237 e. The highest BCUT2D eigenvalue weighted by atomic mass is 16.2. The van der Waals surface area contributed by atoms with Crippen LogP contribution in [0.3, 0.4) is 0 Å². The van der Waals surface area contributed by atoms with Crippen molar-refractivity contribution >= 4 is 11.7 Å². The van der Waals surface area contributed by atoms with Crippen LogP contribution in [-0.2, 0) is 11.2 Å². The van der Waals surface area contributed by atoms with Gasteiger partial charge in [-0.2, -0.15) is 0 Å². The van der Waals surface area contributed by atoms with Gasteiger partial charge >= 0.3 is 0 Å². The minimum absolute atomic E-state index is 0.000727. The summed E-state index contributed by atoms with van der Waals surface area (Å²) in [6.45, 7) is 8.02. The molecule has 0 bridgehead atoms. The zero-order valence-electron chi connectivity index (χ0n) is 12.8. The van der Waals surface area contributed by atoms with Gasteiger partial charge in [-0.05, 0) is 31.2 Å². The van der Waals surface area contributed by atoms with E-state index in [9.17, 15) is 9.59 Å². The monoisotopic (exact) mass is 295 g/mol. The van der Waals surface area contributed by atoms with E-state index in [-0.39, 0.29) is 17.7 Å². The largest absolute Gasteiger partial charge is 0.335 e. The Balaban J connectivity index is 1.96. The lowest BCUT2D eigenvalue weighted by molar-refractivity contribution is -0.145. The Morgan fingerprint density at radius 2 is 2.00 bits per heavy atom. The minimum atomic E-state index is -0.885. The van der Waals surface area contributed by atoms with Gasteiger partial charge in [-0.15, -0.1) is 13.2 Å². The van der Waals surface area contributed by atoms with Crippen LogP contribution in [0.15, 0.2) is 49.6 Å². The zero-order valence-corrected chi connectivity index (χ0v) is 12.8. The molecule has 1 amide bonds. The second kappa shape index (κ2) is 5.56. The molecule has 2 atom stereocenters. The molecular weight excluding hydrogens is 274 g/mol. The molecule has 1 fully saturated rings. The molecule has 0 aromatic heterocycles. The van der Waals surface area contributed by atoms with Gasteiger partial charge in [0.05, 0.1) is 0 Å². The predicted molar refractivity (Wildman–Crippen MR) is 86.7 cm³/mol. The van der Waals surface area contributed by atoms with Gasteiger partial charge in [0, 0.05) is 18.2 Å². The van der Waals surface area contributed by atoms with Gasteiger partial charge in [-0.25, -0.2) is 0 Å². The first-order valence-electron chi connectivity index (χ1n) is 7.79. The molecule has 1 aromatic carbocycles. The number of nitrogens with zero attached hydrogens (tertiary/aromatic N) is 1. The molecule has 0 saturated carbocycles. The molecule has 1 saturated heterocycles. The van der Waals surface area contributed by atoms with Gasteiger partial charge in [0.2, 0.25) is 5.91 Å². The molecule has 3 rings (SSSR count). The molecule has 0 radical (unpaired) electrons. The van der Waals surface area contributed by atoms with E-state index >= 15 is 0 Å². The Morgan fingerprint density at radius 3 is 2.68 bits per heavy atom. The van der Waals surface area contributed by atoms with Crippen molar-refractivity contribution in [3.8, 4) is 0 Å². The lowest BCUT2D eigenvalue weighted by Gasteiger charge is -2.43. The van der Waals surface area contributed by atoms with Crippen LogP contribution in [0, 0.1) is 5.41 Å². The molecule has 2 aliphatic rings. The van der Waals surface area contributed by atoms with Gasteiger partial charge in [-0.3, -0.25) is 9.59 Å². The number of amides is 1. The molecule has 3 nitrogen and oxygen atoms in total. The number of ketones is 1. The second-order valence-electron chi connectivity index (χ2n) is 6.21. The van der Waals surface area contributed by atoms with Crippen LogP contribution in [0.1, 0.15) is 35.2 Å². The van der Waals surface area contributed by atoms with E-state index in [1.54, 1.807) is 6.08 Å². The Bertz CT molecular complexity index is 649. The molecule has 3 heteroatoms. The lowest BCUT2D eigenvalue weighted by Crippen LogP contribution is -2.55. The van der Waals surface area contributed by atoms with Crippen LogP contribution in [0.4, 0.5) is 0 Å². The fourth-order valence-corrected chi connectivity index (χ4v) is 3.86. The van der Waals surface area contributed by atoms with Crippen molar-refractivity contribution in [2.24, 2.45) is 5.41 Å². The van der Waals surface area contributed by atoms with Crippen LogP contribution in [0.5, 0.6) is 0 Å². The molecule has 1 aliphatic heterocycles. The number of carbonyl (C=O) groups is 2. The fourth-order valence-electron chi connectivity index (χ4n) is 3.86. The topological polar surface area (TPSA) is 37.4 Å². The summed E-state index contributed by atoms with van der Waals surface area (Å²) >= 11 is 0. The normalized spacial score (nSPS) is 27.1. The number of hydrogen-bond donors (Lipinski definition) is 0. The third-order valence-electron chi connectivity index (χ3n) is 4.97. The summed E-state index contributed by atoms with van der Waals surface area (Å²) in [5.41, 5.74) is 0.836. The highest BCUT2D eigenvalue weighted by molar-refractivity contribution is 6.17. The maximum atomic E-state index is 13.1. The summed E-state index contributed by atoms with van der Waals surface area (Å²) in [7, 11) is 0. The lowest BCUT2D eigenvalue weighted by atomic mass is 9.73. The fraction of sp³-hybridized carbons (Fsp3) is 0.368. The van der Waals surface area contributed by atoms with Gasteiger partial charge < -0.3 is 4.90 Å². The number of likely N-dealkylation sites (tertiary alicyclic amines) is 1. The smallest absolute Gasteiger partial charge is 0.237 e. The van der Waals surface area contributed by atoms with E-state index in [2.05, 4.69) is 13.2 Å². The van der Waals surface area contributed by atoms with Gasteiger partial charge in [0.25, 0.3) is 0 Å². The third kappa shape index (κ3) is 2.04. The van der Waals surface area contributed by atoms with E-state index < -0.39 is 5.41 Å². The average Bonchev–Trinajstić information content (AvgIpc) is 2.81. The highest BCUT2D eigenvalue weighted by Gasteiger charge is 2.55. The van der Waals surface area contributed by atoms with Gasteiger partial charge in [-0.1, -0.05) is 36.4 Å². The van der Waals surface area contributed by atoms with Crippen molar-refractivity contribution in [3.63, 3.8) is 0 Å². The summed E-state index contributed by atoms with van der Waals surface area (Å²) in [6.07, 6.45) is 6.35. The summed E-state index contributed by atoms with van der Waals surface area (Å²) in [5.74, 6) is -0.0362. The van der Waals surface area contributed by atoms with Crippen LogP contribution in [0.25, 0.3) is 0 Å². The Morgan fingerprint density at radius 1 is 1.23 bits per heavy atom. The summed E-state index contributed by atoms with van der Waals surface area (Å²) in [5, 5.41) is 0. The van der Waals surface area contributed by atoms with Crippen molar-refractivity contribution in [1.29, 1.82) is 0 Å². The predicted octanol–water partition coefficient (Wildman–Crippen LogP) is 3.16. The number of benzene rings is 1. The number of rotatable bonds is 4. The molecule has 0 N–H and O–H groups in total. The zero-order chi connectivity index (χ0) is 15.7. The highest BCUT2D eigenvalue weighted by Crippen LogP contribution is 2.45. The number of Topliss-reactive ketones (excluding diaryl/α,β-unsaturated/α-hetero) is 1. The number of piperidine rings is 1. The Kier molecular flexibility index (Phi) is 3.73. The SMILES string of the molecule is C=CCC1CCC2(Cc3ccccc3C2=O)C(=O)N1CC=C. The first-order chi connectivity index (χ1) is 10.6. The molecule has 114 valence electrons. The van der Waals surface area contributed by atoms with E-state index in [1.807, 2.05) is 35.2 Å². The summed E-state index contributed by atoms with van der Waals surface area (Å²) < 4.78 is 0. The molecule has 22 heavy (non-hydrogen) atoms. The van der Waals surface area contributed by atoms with Crippen molar-refractivity contribution < 1.29 is 9.59 Å². The van der Waals surface area contributed by atoms with Gasteiger partial charge in [0.15, 0.2) is 5.78 Å². The van der Waals surface area contributed by atoms with Gasteiger partial charge in [0.1, 0.15) is 5.41 Å². The van der Waals surface area contributed by atoms with Crippen molar-refractivity contribution in [1.82, 2.24) is 4.90 Å². The standard InChI is InChI=1S/C19H21NO2/c1-3-7-15-10-11-19(18(22)20(15)12-4-2)13-14-8-5-6-9-16(14)17(19)21/h3-6,8-9,15H,1-2,7,10-13H2. The quantitative estimate of drug-likeness (QED) is 0.632. The molecular formula is C19H21NO2. The van der Waals surface area contributed by atoms with Crippen molar-refractivity contribution in [3.05, 3.63) is 60.7 Å². The van der Waals surface area contributed by atoms with Crippen LogP contribution in [0.2, 0.25) is 0 Å².